The maximum atomic E-state index is 12.8. The molecule has 1 fully saturated rings. The highest BCUT2D eigenvalue weighted by Gasteiger charge is 2.25. The Morgan fingerprint density at radius 2 is 2.25 bits per heavy atom. The van der Waals surface area contributed by atoms with Crippen molar-refractivity contribution in [2.75, 3.05) is 13.7 Å². The zero-order chi connectivity index (χ0) is 16.9. The predicted octanol–water partition coefficient (Wildman–Crippen LogP) is 2.31. The molecule has 2 N–H and O–H groups in total. The van der Waals surface area contributed by atoms with Gasteiger partial charge in [-0.05, 0) is 18.9 Å². The molecule has 0 spiro atoms. The maximum Gasteiger partial charge on any atom is 0.255 e. The van der Waals surface area contributed by atoms with Crippen LogP contribution in [0.5, 0.6) is 0 Å². The van der Waals surface area contributed by atoms with Crippen molar-refractivity contribution < 1.29 is 9.53 Å². The van der Waals surface area contributed by atoms with E-state index in [9.17, 15) is 4.79 Å². The number of hydrogen-bond donors (Lipinski definition) is 2. The largest absolute Gasteiger partial charge is 0.382 e. The molecule has 1 unspecified atom stereocenters. The standard InChI is InChI=1S/C17H25N5O2/c1-22-15(8-9-19-22)14(11-24-2)20-17(23)13-10-18-21-16(13)12-6-4-3-5-7-12/h8-10,12,14H,3-7,11H2,1-2H3,(H,18,21)(H,20,23). The summed E-state index contributed by atoms with van der Waals surface area (Å²) >= 11 is 0. The number of amides is 1. The molecule has 0 saturated heterocycles. The van der Waals surface area contributed by atoms with Gasteiger partial charge in [0.05, 0.1) is 35.8 Å². The molecule has 7 heteroatoms. The third kappa shape index (κ3) is 3.51. The number of aromatic nitrogens is 4. The van der Waals surface area contributed by atoms with Crippen LogP contribution in [0, 0.1) is 0 Å². The minimum absolute atomic E-state index is 0.118. The number of nitrogens with zero attached hydrogens (tertiary/aromatic N) is 3. The Morgan fingerprint density at radius 3 is 2.92 bits per heavy atom. The van der Waals surface area contributed by atoms with Crippen molar-refractivity contribution in [1.29, 1.82) is 0 Å². The number of aryl methyl sites for hydroxylation is 1. The van der Waals surface area contributed by atoms with E-state index in [0.717, 1.165) is 24.2 Å². The van der Waals surface area contributed by atoms with Gasteiger partial charge in [0.25, 0.3) is 5.91 Å². The van der Waals surface area contributed by atoms with Crippen molar-refractivity contribution in [2.45, 2.75) is 44.1 Å². The van der Waals surface area contributed by atoms with Gasteiger partial charge in [-0.1, -0.05) is 19.3 Å². The Balaban J connectivity index is 1.76. The van der Waals surface area contributed by atoms with Gasteiger partial charge in [0.2, 0.25) is 0 Å². The fourth-order valence-corrected chi connectivity index (χ4v) is 3.51. The first-order valence-electron chi connectivity index (χ1n) is 8.51. The second-order valence-electron chi connectivity index (χ2n) is 6.39. The SMILES string of the molecule is COCC(NC(=O)c1cn[nH]c1C1CCCCC1)c1ccnn1C. The van der Waals surface area contributed by atoms with Gasteiger partial charge < -0.3 is 10.1 Å². The second kappa shape index (κ2) is 7.61. The molecule has 1 aliphatic carbocycles. The minimum Gasteiger partial charge on any atom is -0.382 e. The van der Waals surface area contributed by atoms with Crippen LogP contribution in [0.3, 0.4) is 0 Å². The van der Waals surface area contributed by atoms with Crippen LogP contribution in [0.1, 0.15) is 65.8 Å². The quantitative estimate of drug-likeness (QED) is 0.850. The number of methoxy groups -OCH3 is 1. The lowest BCUT2D eigenvalue weighted by atomic mass is 9.85. The van der Waals surface area contributed by atoms with Gasteiger partial charge in [0.1, 0.15) is 0 Å². The number of ether oxygens (including phenoxy) is 1. The van der Waals surface area contributed by atoms with Crippen molar-refractivity contribution in [3.05, 3.63) is 35.4 Å². The normalized spacial score (nSPS) is 16.9. The van der Waals surface area contributed by atoms with Crippen LogP contribution in [-0.4, -0.2) is 39.6 Å². The first-order chi connectivity index (χ1) is 11.7. The van der Waals surface area contributed by atoms with Crippen LogP contribution >= 0.6 is 0 Å². The van der Waals surface area contributed by atoms with E-state index >= 15 is 0 Å². The van der Waals surface area contributed by atoms with Crippen LogP contribution in [0.4, 0.5) is 0 Å². The molecule has 2 aromatic heterocycles. The number of nitrogens with one attached hydrogen (secondary N) is 2. The van der Waals surface area contributed by atoms with E-state index in [2.05, 4.69) is 20.6 Å². The van der Waals surface area contributed by atoms with E-state index in [1.165, 1.54) is 19.3 Å². The van der Waals surface area contributed by atoms with Crippen LogP contribution in [0.25, 0.3) is 0 Å². The Morgan fingerprint density at radius 1 is 1.46 bits per heavy atom. The lowest BCUT2D eigenvalue weighted by molar-refractivity contribution is 0.0890. The van der Waals surface area contributed by atoms with Gasteiger partial charge in [0.15, 0.2) is 0 Å². The maximum absolute atomic E-state index is 12.8. The number of rotatable bonds is 6. The average Bonchev–Trinajstić information content (AvgIpc) is 3.24. The number of aromatic amines is 1. The topological polar surface area (TPSA) is 84.8 Å². The van der Waals surface area contributed by atoms with E-state index in [-0.39, 0.29) is 11.9 Å². The van der Waals surface area contributed by atoms with Gasteiger partial charge in [-0.3, -0.25) is 14.6 Å². The van der Waals surface area contributed by atoms with Gasteiger partial charge in [-0.25, -0.2) is 0 Å². The van der Waals surface area contributed by atoms with Crippen molar-refractivity contribution in [2.24, 2.45) is 7.05 Å². The van der Waals surface area contributed by atoms with Gasteiger partial charge in [-0.15, -0.1) is 0 Å². The molecule has 24 heavy (non-hydrogen) atoms. The highest BCUT2D eigenvalue weighted by molar-refractivity contribution is 5.95. The zero-order valence-corrected chi connectivity index (χ0v) is 14.3. The Bertz CT molecular complexity index is 672. The molecular formula is C17H25N5O2. The highest BCUT2D eigenvalue weighted by atomic mass is 16.5. The molecule has 1 saturated carbocycles. The summed E-state index contributed by atoms with van der Waals surface area (Å²) in [4.78, 5) is 12.8. The molecule has 0 aliphatic heterocycles. The van der Waals surface area contributed by atoms with Crippen LogP contribution < -0.4 is 5.32 Å². The summed E-state index contributed by atoms with van der Waals surface area (Å²) in [6.45, 7) is 0.391. The molecule has 1 amide bonds. The summed E-state index contributed by atoms with van der Waals surface area (Å²) < 4.78 is 7.02. The van der Waals surface area contributed by atoms with Crippen molar-refractivity contribution in [3.8, 4) is 0 Å². The number of carbonyl (C=O) groups is 1. The summed E-state index contributed by atoms with van der Waals surface area (Å²) in [7, 11) is 3.48. The number of H-pyrrole nitrogens is 1. The predicted molar refractivity (Wildman–Crippen MR) is 89.7 cm³/mol. The van der Waals surface area contributed by atoms with Gasteiger partial charge >= 0.3 is 0 Å². The molecule has 2 heterocycles. The zero-order valence-electron chi connectivity index (χ0n) is 14.3. The highest BCUT2D eigenvalue weighted by Crippen LogP contribution is 2.33. The fraction of sp³-hybridized carbons (Fsp3) is 0.588. The smallest absolute Gasteiger partial charge is 0.255 e. The van der Waals surface area contributed by atoms with Gasteiger partial charge in [-0.2, -0.15) is 10.2 Å². The van der Waals surface area contributed by atoms with Gasteiger partial charge in [0, 0.05) is 26.3 Å². The van der Waals surface area contributed by atoms with Crippen LogP contribution in [-0.2, 0) is 11.8 Å². The van der Waals surface area contributed by atoms with E-state index in [4.69, 9.17) is 4.74 Å². The molecule has 0 bridgehead atoms. The molecule has 2 aromatic rings. The van der Waals surface area contributed by atoms with E-state index in [1.54, 1.807) is 24.2 Å². The molecule has 1 atom stereocenters. The monoisotopic (exact) mass is 331 g/mol. The molecule has 1 aliphatic rings. The lowest BCUT2D eigenvalue weighted by Crippen LogP contribution is -2.33. The average molecular weight is 331 g/mol. The summed E-state index contributed by atoms with van der Waals surface area (Å²) in [6.07, 6.45) is 9.29. The Labute approximate surface area is 141 Å². The molecular weight excluding hydrogens is 306 g/mol. The minimum atomic E-state index is -0.246. The van der Waals surface area contributed by atoms with E-state index in [0.29, 0.717) is 18.1 Å². The first-order valence-corrected chi connectivity index (χ1v) is 8.51. The third-order valence-corrected chi connectivity index (χ3v) is 4.78. The Hall–Kier alpha value is -2.15. The fourth-order valence-electron chi connectivity index (χ4n) is 3.51. The van der Waals surface area contributed by atoms with E-state index < -0.39 is 0 Å². The first kappa shape index (κ1) is 16.7. The van der Waals surface area contributed by atoms with Crippen molar-refractivity contribution >= 4 is 5.91 Å². The Kier molecular flexibility index (Phi) is 5.30. The second-order valence-corrected chi connectivity index (χ2v) is 6.39. The molecule has 0 aromatic carbocycles. The third-order valence-electron chi connectivity index (χ3n) is 4.78. The van der Waals surface area contributed by atoms with Crippen molar-refractivity contribution in [1.82, 2.24) is 25.3 Å². The summed E-state index contributed by atoms with van der Waals surface area (Å²) in [5.74, 6) is 0.284. The molecule has 7 nitrogen and oxygen atoms in total. The van der Waals surface area contributed by atoms with Crippen LogP contribution in [0.15, 0.2) is 18.5 Å². The molecule has 0 radical (unpaired) electrons. The van der Waals surface area contributed by atoms with Crippen LogP contribution in [0.2, 0.25) is 0 Å². The molecule has 3 rings (SSSR count). The van der Waals surface area contributed by atoms with E-state index in [1.807, 2.05) is 13.1 Å². The lowest BCUT2D eigenvalue weighted by Gasteiger charge is -2.22. The summed E-state index contributed by atoms with van der Waals surface area (Å²) in [5.41, 5.74) is 2.52. The van der Waals surface area contributed by atoms with Crippen molar-refractivity contribution in [3.63, 3.8) is 0 Å². The summed E-state index contributed by atoms with van der Waals surface area (Å²) in [5, 5.41) is 14.4. The number of carbonyl (C=O) groups excluding carboxylic acids is 1. The summed E-state index contributed by atoms with van der Waals surface area (Å²) in [6, 6.07) is 1.64. The number of hydrogen-bond acceptors (Lipinski definition) is 4. The molecule has 130 valence electrons.